The van der Waals surface area contributed by atoms with Crippen molar-refractivity contribution < 1.29 is 9.53 Å². The second-order valence-corrected chi connectivity index (χ2v) is 4.77. The summed E-state index contributed by atoms with van der Waals surface area (Å²) in [6.45, 7) is 2.42. The number of nitrogens with one attached hydrogen (secondary N) is 1. The minimum atomic E-state index is -0.0393. The van der Waals surface area contributed by atoms with E-state index in [1.807, 2.05) is 24.3 Å². The Kier molecular flexibility index (Phi) is 3.41. The van der Waals surface area contributed by atoms with Crippen molar-refractivity contribution in [3.05, 3.63) is 24.3 Å². The normalized spacial score (nSPS) is 18.8. The van der Waals surface area contributed by atoms with Crippen LogP contribution in [-0.2, 0) is 16.1 Å². The first-order valence-corrected chi connectivity index (χ1v) is 6.45. The molecule has 0 bridgehead atoms. The zero-order valence-corrected chi connectivity index (χ0v) is 10.6. The summed E-state index contributed by atoms with van der Waals surface area (Å²) < 4.78 is 6.89. The van der Waals surface area contributed by atoms with Gasteiger partial charge in [0, 0.05) is 19.1 Å². The third-order valence-corrected chi connectivity index (χ3v) is 3.33. The molecule has 1 amide bonds. The van der Waals surface area contributed by atoms with Gasteiger partial charge in [-0.2, -0.15) is 0 Å². The number of fused-ring (bicyclic) bond motifs is 1. The first-order chi connectivity index (χ1) is 9.33. The van der Waals surface area contributed by atoms with Crippen LogP contribution in [0.1, 0.15) is 6.42 Å². The Hall–Kier alpha value is -1.95. The molecule has 6 heteroatoms. The zero-order chi connectivity index (χ0) is 13.1. The van der Waals surface area contributed by atoms with Crippen molar-refractivity contribution in [3.63, 3.8) is 0 Å². The number of hydrogen-bond donors (Lipinski definition) is 1. The second kappa shape index (κ2) is 5.36. The summed E-state index contributed by atoms with van der Waals surface area (Å²) in [5, 5.41) is 10.9. The van der Waals surface area contributed by atoms with Crippen molar-refractivity contribution in [1.82, 2.24) is 20.3 Å². The summed E-state index contributed by atoms with van der Waals surface area (Å²) in [6, 6.07) is 7.61. The summed E-state index contributed by atoms with van der Waals surface area (Å²) in [4.78, 5) is 11.9. The van der Waals surface area contributed by atoms with Gasteiger partial charge in [-0.25, -0.2) is 4.68 Å². The molecule has 0 saturated carbocycles. The third-order valence-electron chi connectivity index (χ3n) is 3.33. The van der Waals surface area contributed by atoms with Crippen LogP contribution in [-0.4, -0.2) is 40.7 Å². The number of para-hydroxylation sites is 1. The summed E-state index contributed by atoms with van der Waals surface area (Å²) in [5.41, 5.74) is 1.68. The zero-order valence-electron chi connectivity index (χ0n) is 10.6. The molecular formula is C13H16N4O2. The smallest absolute Gasteiger partial charge is 0.241 e. The van der Waals surface area contributed by atoms with Crippen molar-refractivity contribution in [2.45, 2.75) is 13.0 Å². The lowest BCUT2D eigenvalue weighted by atomic mass is 10.1. The maximum absolute atomic E-state index is 11.9. The van der Waals surface area contributed by atoms with Crippen LogP contribution in [0.3, 0.4) is 0 Å². The van der Waals surface area contributed by atoms with Crippen LogP contribution in [0.5, 0.6) is 0 Å². The van der Waals surface area contributed by atoms with Crippen molar-refractivity contribution in [2.24, 2.45) is 5.92 Å². The fourth-order valence-corrected chi connectivity index (χ4v) is 2.23. The Morgan fingerprint density at radius 1 is 1.47 bits per heavy atom. The van der Waals surface area contributed by atoms with E-state index in [1.54, 1.807) is 4.68 Å². The Balaban J connectivity index is 1.59. The summed E-state index contributed by atoms with van der Waals surface area (Å²) in [5.74, 6) is 0.402. The van der Waals surface area contributed by atoms with Crippen LogP contribution < -0.4 is 5.32 Å². The van der Waals surface area contributed by atoms with Crippen molar-refractivity contribution in [2.75, 3.05) is 19.8 Å². The predicted octanol–water partition coefficient (Wildman–Crippen LogP) is 0.584. The van der Waals surface area contributed by atoms with Gasteiger partial charge in [0.15, 0.2) is 0 Å². The highest BCUT2D eigenvalue weighted by Gasteiger charge is 2.16. The van der Waals surface area contributed by atoms with E-state index in [2.05, 4.69) is 15.6 Å². The number of carbonyl (C=O) groups is 1. The maximum Gasteiger partial charge on any atom is 0.241 e. The lowest BCUT2D eigenvalue weighted by molar-refractivity contribution is -0.122. The van der Waals surface area contributed by atoms with Crippen LogP contribution in [0.2, 0.25) is 0 Å². The van der Waals surface area contributed by atoms with Gasteiger partial charge in [0.05, 0.1) is 12.1 Å². The molecular weight excluding hydrogens is 244 g/mol. The van der Waals surface area contributed by atoms with E-state index < -0.39 is 0 Å². The number of rotatable bonds is 4. The largest absolute Gasteiger partial charge is 0.381 e. The van der Waals surface area contributed by atoms with E-state index in [0.29, 0.717) is 12.5 Å². The Morgan fingerprint density at radius 2 is 2.37 bits per heavy atom. The summed E-state index contributed by atoms with van der Waals surface area (Å²) >= 11 is 0. The fraction of sp³-hybridized carbons (Fsp3) is 0.462. The monoisotopic (exact) mass is 260 g/mol. The molecule has 0 spiro atoms. The number of benzene rings is 1. The molecule has 1 fully saturated rings. The van der Waals surface area contributed by atoms with Crippen molar-refractivity contribution in [1.29, 1.82) is 0 Å². The van der Waals surface area contributed by atoms with Gasteiger partial charge >= 0.3 is 0 Å². The third kappa shape index (κ3) is 2.73. The van der Waals surface area contributed by atoms with E-state index in [4.69, 9.17) is 4.74 Å². The SMILES string of the molecule is O=C(Cn1nnc2ccccc21)NC[C@@H]1CCOC1. The van der Waals surface area contributed by atoms with Gasteiger partial charge < -0.3 is 10.1 Å². The number of nitrogens with zero attached hydrogens (tertiary/aromatic N) is 3. The minimum absolute atomic E-state index is 0.0393. The molecule has 1 saturated heterocycles. The standard InChI is InChI=1S/C13H16N4O2/c18-13(14-7-10-5-6-19-9-10)8-17-12-4-2-1-3-11(12)15-16-17/h1-4,10H,5-9H2,(H,14,18)/t10-/m0/s1. The lowest BCUT2D eigenvalue weighted by Gasteiger charge is -2.09. The Labute approximate surface area is 110 Å². The second-order valence-electron chi connectivity index (χ2n) is 4.77. The van der Waals surface area contributed by atoms with Crippen LogP contribution in [0.25, 0.3) is 11.0 Å². The topological polar surface area (TPSA) is 69.0 Å². The summed E-state index contributed by atoms with van der Waals surface area (Å²) in [7, 11) is 0. The van der Waals surface area contributed by atoms with Crippen LogP contribution in [0, 0.1) is 5.92 Å². The van der Waals surface area contributed by atoms with Gasteiger partial charge in [-0.05, 0) is 18.6 Å². The van der Waals surface area contributed by atoms with E-state index in [9.17, 15) is 4.79 Å². The molecule has 19 heavy (non-hydrogen) atoms. The molecule has 1 aromatic heterocycles. The average Bonchev–Trinajstić information content (AvgIpc) is 3.07. The van der Waals surface area contributed by atoms with Gasteiger partial charge in [-0.3, -0.25) is 4.79 Å². The molecule has 0 aliphatic carbocycles. The first-order valence-electron chi connectivity index (χ1n) is 6.45. The Bertz CT molecular complexity index is 575. The van der Waals surface area contributed by atoms with Crippen LogP contribution in [0.15, 0.2) is 24.3 Å². The van der Waals surface area contributed by atoms with Crippen LogP contribution >= 0.6 is 0 Å². The highest BCUT2D eigenvalue weighted by Crippen LogP contribution is 2.11. The van der Waals surface area contributed by atoms with Gasteiger partial charge in [0.1, 0.15) is 12.1 Å². The van der Waals surface area contributed by atoms with Crippen LogP contribution in [0.4, 0.5) is 0 Å². The van der Waals surface area contributed by atoms with Gasteiger partial charge in [-0.1, -0.05) is 17.3 Å². The number of carbonyl (C=O) groups excluding carboxylic acids is 1. The lowest BCUT2D eigenvalue weighted by Crippen LogP contribution is -2.32. The molecule has 1 aliphatic rings. The van der Waals surface area contributed by atoms with E-state index >= 15 is 0 Å². The van der Waals surface area contributed by atoms with E-state index in [0.717, 1.165) is 30.7 Å². The van der Waals surface area contributed by atoms with Gasteiger partial charge in [0.25, 0.3) is 0 Å². The molecule has 1 N–H and O–H groups in total. The summed E-state index contributed by atoms with van der Waals surface area (Å²) in [6.07, 6.45) is 1.02. The molecule has 1 aliphatic heterocycles. The number of ether oxygens (including phenoxy) is 1. The molecule has 1 atom stereocenters. The molecule has 2 heterocycles. The highest BCUT2D eigenvalue weighted by molar-refractivity contribution is 5.79. The fourth-order valence-electron chi connectivity index (χ4n) is 2.23. The number of aromatic nitrogens is 3. The number of amides is 1. The molecule has 0 radical (unpaired) electrons. The van der Waals surface area contributed by atoms with Gasteiger partial charge in [-0.15, -0.1) is 5.10 Å². The molecule has 0 unspecified atom stereocenters. The van der Waals surface area contributed by atoms with E-state index in [1.165, 1.54) is 0 Å². The minimum Gasteiger partial charge on any atom is -0.381 e. The predicted molar refractivity (Wildman–Crippen MR) is 69.5 cm³/mol. The van der Waals surface area contributed by atoms with Crippen molar-refractivity contribution in [3.8, 4) is 0 Å². The molecule has 1 aromatic carbocycles. The average molecular weight is 260 g/mol. The number of hydrogen-bond acceptors (Lipinski definition) is 4. The molecule has 2 aromatic rings. The maximum atomic E-state index is 11.9. The van der Waals surface area contributed by atoms with Gasteiger partial charge in [0.2, 0.25) is 5.91 Å². The quantitative estimate of drug-likeness (QED) is 0.873. The molecule has 100 valence electrons. The molecule has 6 nitrogen and oxygen atoms in total. The van der Waals surface area contributed by atoms with E-state index in [-0.39, 0.29) is 12.5 Å². The highest BCUT2D eigenvalue weighted by atomic mass is 16.5. The first kappa shape index (κ1) is 12.1. The Morgan fingerprint density at radius 3 is 3.21 bits per heavy atom. The van der Waals surface area contributed by atoms with Crippen molar-refractivity contribution >= 4 is 16.9 Å². The molecule has 3 rings (SSSR count).